The van der Waals surface area contributed by atoms with Gasteiger partial charge in [-0.15, -0.1) is 0 Å². The van der Waals surface area contributed by atoms with Crippen LogP contribution in [0.4, 0.5) is 0 Å². The Morgan fingerprint density at radius 3 is 2.70 bits per heavy atom. The summed E-state index contributed by atoms with van der Waals surface area (Å²) >= 11 is 6.16. The minimum atomic E-state index is -0.728. The highest BCUT2D eigenvalue weighted by Gasteiger charge is 2.20. The highest BCUT2D eigenvalue weighted by molar-refractivity contribution is 6.33. The Balaban J connectivity index is 1.64. The summed E-state index contributed by atoms with van der Waals surface area (Å²) in [5.41, 5.74) is 2.17. The Labute approximate surface area is 140 Å². The molecule has 120 valence electrons. The number of fused-ring (bicyclic) bond motifs is 1. The van der Waals surface area contributed by atoms with E-state index < -0.39 is 5.60 Å². The SMILES string of the molecule is CC(O)(CCc1ccccc1)CCn1ccc2ncnc(Cl)c21. The molecule has 0 fully saturated rings. The van der Waals surface area contributed by atoms with Crippen molar-refractivity contribution in [1.29, 1.82) is 0 Å². The van der Waals surface area contributed by atoms with Crippen molar-refractivity contribution >= 4 is 22.6 Å². The third-order valence-electron chi connectivity index (χ3n) is 4.19. The summed E-state index contributed by atoms with van der Waals surface area (Å²) in [4.78, 5) is 8.24. The molecule has 2 heterocycles. The van der Waals surface area contributed by atoms with E-state index in [2.05, 4.69) is 22.1 Å². The van der Waals surface area contributed by atoms with Crippen molar-refractivity contribution in [2.75, 3.05) is 0 Å². The largest absolute Gasteiger partial charge is 0.390 e. The van der Waals surface area contributed by atoms with Gasteiger partial charge in [0.2, 0.25) is 0 Å². The summed E-state index contributed by atoms with van der Waals surface area (Å²) in [6, 6.07) is 12.2. The number of aryl methyl sites for hydroxylation is 2. The molecule has 5 heteroatoms. The van der Waals surface area contributed by atoms with E-state index in [9.17, 15) is 5.11 Å². The fourth-order valence-corrected chi connectivity index (χ4v) is 2.97. The number of hydrogen-bond donors (Lipinski definition) is 1. The van der Waals surface area contributed by atoms with Crippen LogP contribution in [0.2, 0.25) is 5.15 Å². The Bertz CT molecular complexity index is 783. The van der Waals surface area contributed by atoms with E-state index in [0.29, 0.717) is 18.1 Å². The van der Waals surface area contributed by atoms with Crippen LogP contribution in [0.1, 0.15) is 25.3 Å². The van der Waals surface area contributed by atoms with Crippen molar-refractivity contribution in [2.45, 2.75) is 38.3 Å². The summed E-state index contributed by atoms with van der Waals surface area (Å²) < 4.78 is 2.01. The van der Waals surface area contributed by atoms with Gasteiger partial charge in [0.25, 0.3) is 0 Å². The van der Waals surface area contributed by atoms with Crippen LogP contribution in [-0.4, -0.2) is 25.2 Å². The van der Waals surface area contributed by atoms with E-state index in [1.54, 1.807) is 0 Å². The van der Waals surface area contributed by atoms with Crippen LogP contribution >= 0.6 is 11.6 Å². The van der Waals surface area contributed by atoms with Crippen molar-refractivity contribution in [2.24, 2.45) is 0 Å². The number of benzene rings is 1. The first kappa shape index (κ1) is 16.0. The highest BCUT2D eigenvalue weighted by atomic mass is 35.5. The summed E-state index contributed by atoms with van der Waals surface area (Å²) in [6.07, 6.45) is 5.64. The molecule has 0 aliphatic heterocycles. The molecule has 0 bridgehead atoms. The highest BCUT2D eigenvalue weighted by Crippen LogP contribution is 2.23. The molecule has 23 heavy (non-hydrogen) atoms. The molecule has 3 aromatic rings. The minimum Gasteiger partial charge on any atom is -0.390 e. The average molecular weight is 330 g/mol. The lowest BCUT2D eigenvalue weighted by atomic mass is 9.93. The molecule has 1 atom stereocenters. The molecule has 0 amide bonds. The maximum Gasteiger partial charge on any atom is 0.156 e. The maximum atomic E-state index is 10.6. The second-order valence-corrected chi connectivity index (χ2v) is 6.50. The van der Waals surface area contributed by atoms with Crippen LogP contribution in [0.3, 0.4) is 0 Å². The zero-order valence-corrected chi connectivity index (χ0v) is 13.9. The molecule has 2 aromatic heterocycles. The lowest BCUT2D eigenvalue weighted by Gasteiger charge is -2.24. The molecule has 3 rings (SSSR count). The van der Waals surface area contributed by atoms with Gasteiger partial charge in [-0.1, -0.05) is 41.9 Å². The number of nitrogens with zero attached hydrogens (tertiary/aromatic N) is 3. The predicted octanol–water partition coefficient (Wildman–Crippen LogP) is 3.86. The minimum absolute atomic E-state index is 0.448. The third-order valence-corrected chi connectivity index (χ3v) is 4.47. The van der Waals surface area contributed by atoms with E-state index >= 15 is 0 Å². The molecule has 0 saturated carbocycles. The summed E-state index contributed by atoms with van der Waals surface area (Å²) in [7, 11) is 0. The van der Waals surface area contributed by atoms with Gasteiger partial charge in [0, 0.05) is 12.7 Å². The Morgan fingerprint density at radius 2 is 1.91 bits per heavy atom. The predicted molar refractivity (Wildman–Crippen MR) is 92.5 cm³/mol. The molecule has 0 spiro atoms. The van der Waals surface area contributed by atoms with Crippen molar-refractivity contribution in [3.05, 3.63) is 59.6 Å². The smallest absolute Gasteiger partial charge is 0.156 e. The van der Waals surface area contributed by atoms with Gasteiger partial charge >= 0.3 is 0 Å². The number of hydrogen-bond acceptors (Lipinski definition) is 3. The third kappa shape index (κ3) is 3.89. The van der Waals surface area contributed by atoms with E-state index in [4.69, 9.17) is 11.6 Å². The van der Waals surface area contributed by atoms with Gasteiger partial charge < -0.3 is 9.67 Å². The molecule has 0 aliphatic carbocycles. The van der Waals surface area contributed by atoms with E-state index in [0.717, 1.165) is 23.9 Å². The molecule has 0 aliphatic rings. The fourth-order valence-electron chi connectivity index (χ4n) is 2.72. The second-order valence-electron chi connectivity index (χ2n) is 6.14. The topological polar surface area (TPSA) is 50.9 Å². The van der Waals surface area contributed by atoms with Crippen molar-refractivity contribution in [3.63, 3.8) is 0 Å². The van der Waals surface area contributed by atoms with E-state index in [-0.39, 0.29) is 0 Å². The van der Waals surface area contributed by atoms with Crippen molar-refractivity contribution in [3.8, 4) is 0 Å². The molecule has 0 radical (unpaired) electrons. The van der Waals surface area contributed by atoms with Crippen LogP contribution in [0.5, 0.6) is 0 Å². The van der Waals surface area contributed by atoms with Crippen LogP contribution < -0.4 is 0 Å². The number of aliphatic hydroxyl groups is 1. The Hall–Kier alpha value is -1.91. The lowest BCUT2D eigenvalue weighted by Crippen LogP contribution is -2.26. The zero-order valence-electron chi connectivity index (χ0n) is 13.1. The van der Waals surface area contributed by atoms with Crippen LogP contribution in [0, 0.1) is 0 Å². The molecule has 1 aromatic carbocycles. The van der Waals surface area contributed by atoms with E-state index in [1.165, 1.54) is 11.9 Å². The molecule has 1 unspecified atom stereocenters. The van der Waals surface area contributed by atoms with Gasteiger partial charge in [0.15, 0.2) is 5.15 Å². The number of rotatable bonds is 6. The van der Waals surface area contributed by atoms with Gasteiger partial charge in [-0.3, -0.25) is 0 Å². The van der Waals surface area contributed by atoms with E-state index in [1.807, 2.05) is 42.0 Å². The first-order chi connectivity index (χ1) is 11.1. The molecular formula is C18H20ClN3O. The van der Waals surface area contributed by atoms with Crippen molar-refractivity contribution in [1.82, 2.24) is 14.5 Å². The normalized spacial score (nSPS) is 14.0. The van der Waals surface area contributed by atoms with Gasteiger partial charge in [0.05, 0.1) is 11.1 Å². The Morgan fingerprint density at radius 1 is 1.13 bits per heavy atom. The zero-order chi connectivity index (χ0) is 16.3. The van der Waals surface area contributed by atoms with Gasteiger partial charge in [0.1, 0.15) is 11.8 Å². The Kier molecular flexibility index (Phi) is 4.64. The van der Waals surface area contributed by atoms with Crippen molar-refractivity contribution < 1.29 is 5.11 Å². The average Bonchev–Trinajstić information content (AvgIpc) is 2.97. The molecule has 0 saturated heterocycles. The first-order valence-corrected chi connectivity index (χ1v) is 8.15. The maximum absolute atomic E-state index is 10.6. The van der Waals surface area contributed by atoms with Gasteiger partial charge in [-0.2, -0.15) is 0 Å². The van der Waals surface area contributed by atoms with Gasteiger partial charge in [-0.25, -0.2) is 9.97 Å². The summed E-state index contributed by atoms with van der Waals surface area (Å²) in [5.74, 6) is 0. The number of aromatic nitrogens is 3. The quantitative estimate of drug-likeness (QED) is 0.699. The summed E-state index contributed by atoms with van der Waals surface area (Å²) in [5, 5.41) is 11.1. The standard InChI is InChI=1S/C18H20ClN3O/c1-18(23,9-7-14-5-3-2-4-6-14)10-12-22-11-8-15-16(22)17(19)21-13-20-15/h2-6,8,11,13,23H,7,9-10,12H2,1H3. The first-order valence-electron chi connectivity index (χ1n) is 7.77. The molecule has 1 N–H and O–H groups in total. The molecular weight excluding hydrogens is 310 g/mol. The lowest BCUT2D eigenvalue weighted by molar-refractivity contribution is 0.0382. The van der Waals surface area contributed by atoms with Crippen LogP contribution in [-0.2, 0) is 13.0 Å². The fraction of sp³-hybridized carbons (Fsp3) is 0.333. The second kappa shape index (κ2) is 6.69. The van der Waals surface area contributed by atoms with Crippen LogP contribution in [0.25, 0.3) is 11.0 Å². The molecule has 4 nitrogen and oxygen atoms in total. The van der Waals surface area contributed by atoms with Gasteiger partial charge in [-0.05, 0) is 37.8 Å². The number of halogens is 1. The van der Waals surface area contributed by atoms with Crippen LogP contribution in [0.15, 0.2) is 48.9 Å². The monoisotopic (exact) mass is 329 g/mol. The summed E-state index contributed by atoms with van der Waals surface area (Å²) in [6.45, 7) is 2.57.